The smallest absolute Gasteiger partial charge is 0.380 e. The maximum absolute atomic E-state index is 12.0. The average Bonchev–Trinajstić information content (AvgIpc) is 2.32. The molecule has 0 fully saturated rings. The van der Waals surface area contributed by atoms with Crippen molar-refractivity contribution in [2.75, 3.05) is 0 Å². The van der Waals surface area contributed by atoms with E-state index in [1.54, 1.807) is 12.1 Å². The fourth-order valence-electron chi connectivity index (χ4n) is 1.66. The van der Waals surface area contributed by atoms with Crippen molar-refractivity contribution in [3.63, 3.8) is 0 Å². The minimum absolute atomic E-state index is 0.0160. The summed E-state index contributed by atoms with van der Waals surface area (Å²) in [5.41, 5.74) is 1.64. The van der Waals surface area contributed by atoms with Crippen LogP contribution < -0.4 is 4.52 Å². The molecule has 1 unspecified atom stereocenters. The molecule has 3 nitrogen and oxygen atoms in total. The van der Waals surface area contributed by atoms with Crippen molar-refractivity contribution in [3.05, 3.63) is 65.7 Å². The van der Waals surface area contributed by atoms with Crippen LogP contribution in [0.25, 0.3) is 0 Å². The van der Waals surface area contributed by atoms with Gasteiger partial charge in [0, 0.05) is 0 Å². The molecule has 0 saturated carbocycles. The predicted octanol–water partition coefficient (Wildman–Crippen LogP) is 3.76. The first-order valence-corrected chi connectivity index (χ1v) is 7.44. The molecule has 0 aromatic heterocycles. The third kappa shape index (κ3) is 3.46. The van der Waals surface area contributed by atoms with Gasteiger partial charge in [-0.15, -0.1) is 0 Å². The summed E-state index contributed by atoms with van der Waals surface area (Å²) in [6.45, 7) is 1.85. The summed E-state index contributed by atoms with van der Waals surface area (Å²) in [6, 6.07) is 16.3. The molecule has 0 heterocycles. The molecule has 0 spiro atoms. The number of para-hydroxylation sites is 1. The number of benzene rings is 2. The summed E-state index contributed by atoms with van der Waals surface area (Å²) in [6.07, 6.45) is 0.0160. The Balaban J connectivity index is 2.13. The Kier molecular flexibility index (Phi) is 3.85. The fourth-order valence-corrected chi connectivity index (χ4v) is 2.91. The van der Waals surface area contributed by atoms with Gasteiger partial charge in [0.1, 0.15) is 5.75 Å². The SMILES string of the molecule is Cc1ccccc1OP(=O)(O)Cc1ccccc1. The van der Waals surface area contributed by atoms with Gasteiger partial charge in [0.2, 0.25) is 0 Å². The molecule has 0 aliphatic heterocycles. The van der Waals surface area contributed by atoms with Crippen LogP contribution in [0.1, 0.15) is 11.1 Å². The maximum Gasteiger partial charge on any atom is 0.380 e. The molecule has 1 atom stereocenters. The van der Waals surface area contributed by atoms with E-state index in [0.29, 0.717) is 5.75 Å². The highest BCUT2D eigenvalue weighted by atomic mass is 31.2. The Bertz CT molecular complexity index is 566. The minimum atomic E-state index is -3.66. The van der Waals surface area contributed by atoms with Gasteiger partial charge >= 0.3 is 7.60 Å². The number of hydrogen-bond acceptors (Lipinski definition) is 2. The van der Waals surface area contributed by atoms with Crippen LogP contribution in [0.4, 0.5) is 0 Å². The van der Waals surface area contributed by atoms with E-state index < -0.39 is 7.60 Å². The monoisotopic (exact) mass is 262 g/mol. The van der Waals surface area contributed by atoms with Gasteiger partial charge in [-0.25, -0.2) is 4.57 Å². The summed E-state index contributed by atoms with van der Waals surface area (Å²) < 4.78 is 17.3. The summed E-state index contributed by atoms with van der Waals surface area (Å²) in [5.74, 6) is 0.458. The summed E-state index contributed by atoms with van der Waals surface area (Å²) in [5, 5.41) is 0. The molecular weight excluding hydrogens is 247 g/mol. The number of hydrogen-bond donors (Lipinski definition) is 1. The van der Waals surface area contributed by atoms with Crippen molar-refractivity contribution in [1.82, 2.24) is 0 Å². The predicted molar refractivity (Wildman–Crippen MR) is 71.8 cm³/mol. The minimum Gasteiger partial charge on any atom is -0.424 e. The highest BCUT2D eigenvalue weighted by Crippen LogP contribution is 2.46. The summed E-state index contributed by atoms with van der Waals surface area (Å²) in [7, 11) is -3.66. The van der Waals surface area contributed by atoms with Crippen molar-refractivity contribution in [1.29, 1.82) is 0 Å². The molecule has 4 heteroatoms. The van der Waals surface area contributed by atoms with Gasteiger partial charge in [-0.05, 0) is 24.1 Å². The molecule has 2 aromatic carbocycles. The third-order valence-corrected chi connectivity index (χ3v) is 3.81. The van der Waals surface area contributed by atoms with Crippen molar-refractivity contribution < 1.29 is 14.0 Å². The quantitative estimate of drug-likeness (QED) is 0.853. The highest BCUT2D eigenvalue weighted by Gasteiger charge is 2.22. The van der Waals surface area contributed by atoms with Crippen LogP contribution in [0.3, 0.4) is 0 Å². The molecular formula is C14H15O3P. The molecule has 0 aliphatic carbocycles. The number of rotatable bonds is 4. The Morgan fingerprint density at radius 2 is 1.67 bits per heavy atom. The largest absolute Gasteiger partial charge is 0.424 e. The second-order valence-corrected chi connectivity index (χ2v) is 5.91. The van der Waals surface area contributed by atoms with Crippen LogP contribution in [-0.2, 0) is 10.7 Å². The molecule has 2 rings (SSSR count). The molecule has 1 N–H and O–H groups in total. The van der Waals surface area contributed by atoms with E-state index in [1.807, 2.05) is 49.4 Å². The Hall–Kier alpha value is -1.57. The van der Waals surface area contributed by atoms with E-state index in [2.05, 4.69) is 0 Å². The lowest BCUT2D eigenvalue weighted by Gasteiger charge is -2.14. The van der Waals surface area contributed by atoms with E-state index >= 15 is 0 Å². The standard InChI is InChI=1S/C14H15O3P/c1-12-7-5-6-10-14(12)17-18(15,16)11-13-8-3-2-4-9-13/h2-10H,11H2,1H3,(H,15,16). The van der Waals surface area contributed by atoms with E-state index in [-0.39, 0.29) is 6.16 Å². The second kappa shape index (κ2) is 5.38. The fraction of sp³-hybridized carbons (Fsp3) is 0.143. The van der Waals surface area contributed by atoms with Gasteiger partial charge in [-0.2, -0.15) is 0 Å². The first kappa shape index (κ1) is 12.9. The number of aryl methyl sites for hydroxylation is 1. The average molecular weight is 262 g/mol. The lowest BCUT2D eigenvalue weighted by Crippen LogP contribution is -1.97. The molecule has 0 radical (unpaired) electrons. The molecule has 0 amide bonds. The maximum atomic E-state index is 12.0. The second-order valence-electron chi connectivity index (χ2n) is 4.14. The van der Waals surface area contributed by atoms with Gasteiger partial charge in [-0.3, -0.25) is 0 Å². The van der Waals surface area contributed by atoms with Crippen molar-refractivity contribution >= 4 is 7.60 Å². The van der Waals surface area contributed by atoms with Crippen LogP contribution in [0, 0.1) is 6.92 Å². The molecule has 2 aromatic rings. The van der Waals surface area contributed by atoms with Crippen LogP contribution in [0.5, 0.6) is 5.75 Å². The zero-order valence-corrected chi connectivity index (χ0v) is 11.0. The van der Waals surface area contributed by atoms with Crippen molar-refractivity contribution in [2.45, 2.75) is 13.1 Å². The first-order valence-electron chi connectivity index (χ1n) is 5.68. The molecule has 0 aliphatic rings. The Labute approximate surface area is 107 Å². The molecule has 0 saturated heterocycles. The van der Waals surface area contributed by atoms with E-state index in [0.717, 1.165) is 11.1 Å². The van der Waals surface area contributed by atoms with Crippen LogP contribution >= 0.6 is 7.60 Å². The van der Waals surface area contributed by atoms with Crippen molar-refractivity contribution in [2.24, 2.45) is 0 Å². The van der Waals surface area contributed by atoms with Gasteiger partial charge in [0.15, 0.2) is 0 Å². The molecule has 18 heavy (non-hydrogen) atoms. The van der Waals surface area contributed by atoms with Crippen LogP contribution in [0.15, 0.2) is 54.6 Å². The zero-order chi connectivity index (χ0) is 13.0. The lowest BCUT2D eigenvalue weighted by atomic mass is 10.2. The zero-order valence-electron chi connectivity index (χ0n) is 10.1. The Morgan fingerprint density at radius 3 is 2.33 bits per heavy atom. The van der Waals surface area contributed by atoms with Crippen LogP contribution in [0.2, 0.25) is 0 Å². The van der Waals surface area contributed by atoms with Crippen molar-refractivity contribution in [3.8, 4) is 5.75 Å². The van der Waals surface area contributed by atoms with Gasteiger partial charge in [0.05, 0.1) is 6.16 Å². The van der Waals surface area contributed by atoms with Gasteiger partial charge in [0.25, 0.3) is 0 Å². The first-order chi connectivity index (χ1) is 8.57. The highest BCUT2D eigenvalue weighted by molar-refractivity contribution is 7.52. The van der Waals surface area contributed by atoms with E-state index in [4.69, 9.17) is 4.52 Å². The summed E-state index contributed by atoms with van der Waals surface area (Å²) >= 11 is 0. The lowest BCUT2D eigenvalue weighted by molar-refractivity contribution is 0.377. The van der Waals surface area contributed by atoms with Gasteiger partial charge < -0.3 is 9.42 Å². The summed E-state index contributed by atoms with van der Waals surface area (Å²) in [4.78, 5) is 9.88. The molecule has 0 bridgehead atoms. The third-order valence-electron chi connectivity index (χ3n) is 2.56. The van der Waals surface area contributed by atoms with E-state index in [1.165, 1.54) is 0 Å². The van der Waals surface area contributed by atoms with Gasteiger partial charge in [-0.1, -0.05) is 48.5 Å². The molecule has 94 valence electrons. The van der Waals surface area contributed by atoms with E-state index in [9.17, 15) is 9.46 Å². The Morgan fingerprint density at radius 1 is 1.06 bits per heavy atom. The van der Waals surface area contributed by atoms with Crippen LogP contribution in [-0.4, -0.2) is 4.89 Å². The topological polar surface area (TPSA) is 46.5 Å². The normalized spacial score (nSPS) is 13.9.